The third-order valence-corrected chi connectivity index (χ3v) is 5.52. The highest BCUT2D eigenvalue weighted by Crippen LogP contribution is 2.23. The molecule has 1 nitrogen and oxygen atoms in total. The normalized spacial score (nSPS) is 11.6. The van der Waals surface area contributed by atoms with E-state index in [1.807, 2.05) is 55.5 Å². The van der Waals surface area contributed by atoms with Gasteiger partial charge in [0, 0.05) is 0 Å². The Morgan fingerprint density at radius 3 is 2.12 bits per heavy atom. The van der Waals surface area contributed by atoms with Gasteiger partial charge in [-0.3, -0.25) is 0 Å². The lowest BCUT2D eigenvalue weighted by Crippen LogP contribution is -1.96. The van der Waals surface area contributed by atoms with Crippen molar-refractivity contribution >= 4 is 0 Å². The first-order valence-corrected chi connectivity index (χ1v) is 11.5. The van der Waals surface area contributed by atoms with Crippen LogP contribution in [0.3, 0.4) is 0 Å². The van der Waals surface area contributed by atoms with E-state index in [4.69, 9.17) is 4.74 Å². The first kappa shape index (κ1) is 23.7. The third-order valence-electron chi connectivity index (χ3n) is 5.52. The van der Waals surface area contributed by atoms with E-state index in [1.54, 1.807) is 6.07 Å². The van der Waals surface area contributed by atoms with Crippen LogP contribution < -0.4 is 0 Å². The van der Waals surface area contributed by atoms with Gasteiger partial charge in [-0.15, -0.1) is 0 Å². The van der Waals surface area contributed by atoms with Crippen molar-refractivity contribution < 1.29 is 9.13 Å². The Bertz CT molecular complexity index is 1010. The number of aryl methyl sites for hydroxylation is 2. The SMILES string of the molecule is C/C=C/COCc1ccc(-c2ccc(CCc3ccc(C/C=C/CC)cc3)c(F)c2)cc1. The van der Waals surface area contributed by atoms with Crippen LogP contribution in [-0.4, -0.2) is 6.61 Å². The van der Waals surface area contributed by atoms with Crippen LogP contribution in [0.5, 0.6) is 0 Å². The maximum Gasteiger partial charge on any atom is 0.127 e. The number of ether oxygens (including phenoxy) is 1. The molecule has 0 saturated heterocycles. The quantitative estimate of drug-likeness (QED) is 0.223. The maximum absolute atomic E-state index is 14.8. The number of allylic oxidation sites excluding steroid dienone is 3. The summed E-state index contributed by atoms with van der Waals surface area (Å²) in [5, 5.41) is 0. The Kier molecular flexibility index (Phi) is 9.46. The van der Waals surface area contributed by atoms with Gasteiger partial charge in [0.15, 0.2) is 0 Å². The first-order valence-electron chi connectivity index (χ1n) is 11.5. The van der Waals surface area contributed by atoms with Crippen molar-refractivity contribution in [3.63, 3.8) is 0 Å². The molecule has 0 saturated carbocycles. The molecule has 3 aromatic rings. The molecular formula is C30H33FO. The van der Waals surface area contributed by atoms with Crippen LogP contribution in [0, 0.1) is 5.82 Å². The molecule has 3 rings (SSSR count). The van der Waals surface area contributed by atoms with E-state index in [0.717, 1.165) is 41.5 Å². The highest BCUT2D eigenvalue weighted by Gasteiger charge is 2.06. The number of hydrogen-bond donors (Lipinski definition) is 0. The predicted octanol–water partition coefficient (Wildman–Crippen LogP) is 7.88. The lowest BCUT2D eigenvalue weighted by Gasteiger charge is -2.09. The highest BCUT2D eigenvalue weighted by atomic mass is 19.1. The minimum absolute atomic E-state index is 0.136. The van der Waals surface area contributed by atoms with E-state index in [-0.39, 0.29) is 5.82 Å². The summed E-state index contributed by atoms with van der Waals surface area (Å²) in [5.41, 5.74) is 6.34. The van der Waals surface area contributed by atoms with Gasteiger partial charge in [0.25, 0.3) is 0 Å². The van der Waals surface area contributed by atoms with E-state index in [9.17, 15) is 4.39 Å². The molecule has 0 aromatic heterocycles. The smallest absolute Gasteiger partial charge is 0.127 e. The number of hydrogen-bond acceptors (Lipinski definition) is 1. The van der Waals surface area contributed by atoms with Gasteiger partial charge < -0.3 is 4.74 Å². The van der Waals surface area contributed by atoms with E-state index < -0.39 is 0 Å². The molecule has 32 heavy (non-hydrogen) atoms. The van der Waals surface area contributed by atoms with Crippen molar-refractivity contribution in [1.82, 2.24) is 0 Å². The zero-order chi connectivity index (χ0) is 22.6. The van der Waals surface area contributed by atoms with Crippen LogP contribution in [0.1, 0.15) is 42.5 Å². The summed E-state index contributed by atoms with van der Waals surface area (Å²) < 4.78 is 20.3. The van der Waals surface area contributed by atoms with Crippen LogP contribution in [0.4, 0.5) is 4.39 Å². The summed E-state index contributed by atoms with van der Waals surface area (Å²) in [5.74, 6) is -0.136. The molecule has 2 heteroatoms. The molecule has 0 N–H and O–H groups in total. The molecule has 0 amide bonds. The molecule has 0 atom stereocenters. The summed E-state index contributed by atoms with van der Waals surface area (Å²) in [6.07, 6.45) is 11.9. The average Bonchev–Trinajstić information content (AvgIpc) is 2.82. The van der Waals surface area contributed by atoms with Gasteiger partial charge in [0.05, 0.1) is 13.2 Å². The number of rotatable bonds is 11. The lowest BCUT2D eigenvalue weighted by atomic mass is 9.98. The Labute approximate surface area is 192 Å². The second-order valence-corrected chi connectivity index (χ2v) is 7.99. The van der Waals surface area contributed by atoms with Gasteiger partial charge in [-0.1, -0.05) is 91.9 Å². The number of benzene rings is 3. The summed E-state index contributed by atoms with van der Waals surface area (Å²) in [6, 6.07) is 22.4. The average molecular weight is 429 g/mol. The van der Waals surface area contributed by atoms with Gasteiger partial charge in [0.2, 0.25) is 0 Å². The Balaban J connectivity index is 1.56. The minimum atomic E-state index is -0.136. The van der Waals surface area contributed by atoms with E-state index in [1.165, 1.54) is 11.1 Å². The van der Waals surface area contributed by atoms with Crippen molar-refractivity contribution in [3.05, 3.63) is 119 Å². The van der Waals surface area contributed by atoms with Crippen molar-refractivity contribution in [1.29, 1.82) is 0 Å². The molecular weight excluding hydrogens is 395 g/mol. The van der Waals surface area contributed by atoms with Crippen molar-refractivity contribution in [2.45, 2.75) is 46.1 Å². The van der Waals surface area contributed by atoms with Gasteiger partial charge in [-0.2, -0.15) is 0 Å². The van der Waals surface area contributed by atoms with E-state index in [0.29, 0.717) is 19.6 Å². The Hall–Kier alpha value is -2.97. The molecule has 0 bridgehead atoms. The molecule has 0 spiro atoms. The Morgan fingerprint density at radius 1 is 0.750 bits per heavy atom. The summed E-state index contributed by atoms with van der Waals surface area (Å²) >= 11 is 0. The molecule has 0 radical (unpaired) electrons. The van der Waals surface area contributed by atoms with Crippen LogP contribution in [0.2, 0.25) is 0 Å². The zero-order valence-electron chi connectivity index (χ0n) is 19.2. The molecule has 0 aliphatic carbocycles. The van der Waals surface area contributed by atoms with Crippen molar-refractivity contribution in [2.24, 2.45) is 0 Å². The fourth-order valence-electron chi connectivity index (χ4n) is 3.57. The second-order valence-electron chi connectivity index (χ2n) is 7.99. The molecule has 0 aliphatic rings. The Morgan fingerprint density at radius 2 is 1.44 bits per heavy atom. The topological polar surface area (TPSA) is 9.23 Å². The van der Waals surface area contributed by atoms with Gasteiger partial charge in [-0.25, -0.2) is 4.39 Å². The van der Waals surface area contributed by atoms with Gasteiger partial charge in [-0.05, 0) is 72.1 Å². The zero-order valence-corrected chi connectivity index (χ0v) is 19.2. The monoisotopic (exact) mass is 428 g/mol. The van der Waals surface area contributed by atoms with Crippen LogP contribution in [0.25, 0.3) is 11.1 Å². The van der Waals surface area contributed by atoms with E-state index >= 15 is 0 Å². The van der Waals surface area contributed by atoms with E-state index in [2.05, 4.69) is 43.3 Å². The third kappa shape index (κ3) is 7.32. The maximum atomic E-state index is 14.8. The lowest BCUT2D eigenvalue weighted by molar-refractivity contribution is 0.148. The standard InChI is InChI=1S/C30H33FO/c1-3-5-7-8-24-9-11-25(12-10-24)13-18-28-19-20-29(22-30(28)31)27-16-14-26(15-17-27)23-32-21-6-4-2/h4-7,9-12,14-17,19-20,22H,3,8,13,18,21,23H2,1-2H3/b6-4+,7-5+. The first-order chi connectivity index (χ1) is 15.7. The summed E-state index contributed by atoms with van der Waals surface area (Å²) in [7, 11) is 0. The molecule has 0 heterocycles. The minimum Gasteiger partial charge on any atom is -0.373 e. The van der Waals surface area contributed by atoms with Gasteiger partial charge in [0.1, 0.15) is 5.82 Å². The fourth-order valence-corrected chi connectivity index (χ4v) is 3.57. The van der Waals surface area contributed by atoms with Crippen LogP contribution >= 0.6 is 0 Å². The summed E-state index contributed by atoms with van der Waals surface area (Å²) in [6.45, 7) is 5.32. The largest absolute Gasteiger partial charge is 0.373 e. The molecule has 0 aliphatic heterocycles. The van der Waals surface area contributed by atoms with Crippen LogP contribution in [0.15, 0.2) is 91.0 Å². The second kappa shape index (κ2) is 12.8. The predicted molar refractivity (Wildman–Crippen MR) is 133 cm³/mol. The highest BCUT2D eigenvalue weighted by molar-refractivity contribution is 5.64. The molecule has 0 unspecified atom stereocenters. The fraction of sp³-hybridized carbons (Fsp3) is 0.267. The van der Waals surface area contributed by atoms with Crippen LogP contribution in [-0.2, 0) is 30.6 Å². The molecule has 0 fully saturated rings. The number of halogens is 1. The summed E-state index contributed by atoms with van der Waals surface area (Å²) in [4.78, 5) is 0. The van der Waals surface area contributed by atoms with Gasteiger partial charge >= 0.3 is 0 Å². The molecule has 3 aromatic carbocycles. The molecule has 166 valence electrons. The van der Waals surface area contributed by atoms with Crippen molar-refractivity contribution in [3.8, 4) is 11.1 Å². The van der Waals surface area contributed by atoms with Crippen molar-refractivity contribution in [2.75, 3.05) is 6.61 Å².